The lowest BCUT2D eigenvalue weighted by molar-refractivity contribution is 0.00830. The number of piperidine rings is 1. The summed E-state index contributed by atoms with van der Waals surface area (Å²) in [5.41, 5.74) is 2.81. The van der Waals surface area contributed by atoms with Crippen LogP contribution in [0.1, 0.15) is 42.4 Å². The number of aliphatic hydroxyl groups is 1. The summed E-state index contributed by atoms with van der Waals surface area (Å²) in [6, 6.07) is 14.1. The molecule has 2 fully saturated rings. The Labute approximate surface area is 212 Å². The quantitative estimate of drug-likeness (QED) is 0.507. The molecule has 184 valence electrons. The Morgan fingerprint density at radius 1 is 1.09 bits per heavy atom. The van der Waals surface area contributed by atoms with Gasteiger partial charge in [-0.3, -0.25) is 0 Å². The number of hydrogen-bond donors (Lipinski definition) is 2. The normalized spacial score (nSPS) is 20.0. The lowest BCUT2D eigenvalue weighted by Crippen LogP contribution is -2.41. The predicted molar refractivity (Wildman–Crippen MR) is 140 cm³/mol. The van der Waals surface area contributed by atoms with Gasteiger partial charge in [0, 0.05) is 30.4 Å². The van der Waals surface area contributed by atoms with Crippen LogP contribution in [0.3, 0.4) is 0 Å². The second kappa shape index (κ2) is 10.7. The van der Waals surface area contributed by atoms with Gasteiger partial charge < -0.3 is 20.1 Å². The van der Waals surface area contributed by atoms with Crippen LogP contribution in [0.5, 0.6) is 5.75 Å². The van der Waals surface area contributed by atoms with E-state index in [2.05, 4.69) is 32.5 Å². The van der Waals surface area contributed by atoms with Crippen molar-refractivity contribution in [3.63, 3.8) is 0 Å². The maximum absolute atomic E-state index is 9.66. The Morgan fingerprint density at radius 2 is 1.86 bits per heavy atom. The number of aliphatic hydroxyl groups excluding tert-OH is 1. The van der Waals surface area contributed by atoms with Crippen molar-refractivity contribution >= 4 is 34.8 Å². The van der Waals surface area contributed by atoms with Gasteiger partial charge in [-0.25, -0.2) is 0 Å². The summed E-state index contributed by atoms with van der Waals surface area (Å²) >= 11 is 0. The molecule has 2 heterocycles. The van der Waals surface area contributed by atoms with E-state index in [1.165, 1.54) is 0 Å². The van der Waals surface area contributed by atoms with Crippen LogP contribution in [0.2, 0.25) is 0 Å². The van der Waals surface area contributed by atoms with Gasteiger partial charge in [0.2, 0.25) is 0 Å². The minimum Gasteiger partial charge on any atom is -0.496 e. The van der Waals surface area contributed by atoms with E-state index < -0.39 is 0 Å². The average Bonchev–Trinajstić information content (AvgIpc) is 2.85. The van der Waals surface area contributed by atoms with Crippen molar-refractivity contribution < 1.29 is 9.84 Å². The molecule has 7 nitrogen and oxygen atoms in total. The number of benzene rings is 2. The Balaban J connectivity index is 0.00000289. The van der Waals surface area contributed by atoms with Crippen molar-refractivity contribution in [3.05, 3.63) is 53.1 Å². The molecule has 1 saturated carbocycles. The van der Waals surface area contributed by atoms with Crippen molar-refractivity contribution in [2.75, 3.05) is 30.4 Å². The average molecular weight is 494 g/mol. The number of nitriles is 1. The Kier molecular flexibility index (Phi) is 7.63. The first-order valence-electron chi connectivity index (χ1n) is 12.1. The number of fused-ring (bicyclic) bond motifs is 1. The number of nitrogens with zero attached hydrogens (tertiary/aromatic N) is 4. The van der Waals surface area contributed by atoms with E-state index in [1.54, 1.807) is 7.11 Å². The fourth-order valence-electron chi connectivity index (χ4n) is 5.41. The topological polar surface area (TPSA) is 94.3 Å². The molecule has 2 aromatic carbocycles. The number of hydrogen-bond acceptors (Lipinski definition) is 7. The summed E-state index contributed by atoms with van der Waals surface area (Å²) in [6.45, 7) is 4.52. The molecule has 2 aliphatic rings. The molecular formula is C27H32ClN5O2. The molecule has 1 aromatic heterocycles. The highest BCUT2D eigenvalue weighted by Crippen LogP contribution is 2.40. The van der Waals surface area contributed by atoms with Gasteiger partial charge in [-0.05, 0) is 79.8 Å². The van der Waals surface area contributed by atoms with Crippen LogP contribution >= 0.6 is 12.4 Å². The first-order valence-corrected chi connectivity index (χ1v) is 12.1. The first kappa shape index (κ1) is 25.0. The second-order valence-corrected chi connectivity index (χ2v) is 9.61. The lowest BCUT2D eigenvalue weighted by Gasteiger charge is -2.42. The number of ether oxygens (including phenoxy) is 1. The fourth-order valence-corrected chi connectivity index (χ4v) is 5.41. The van der Waals surface area contributed by atoms with Crippen LogP contribution < -0.4 is 15.0 Å². The molecular weight excluding hydrogens is 462 g/mol. The highest BCUT2D eigenvalue weighted by atomic mass is 35.5. The zero-order valence-corrected chi connectivity index (χ0v) is 21.0. The molecule has 1 saturated heterocycles. The van der Waals surface area contributed by atoms with Crippen LogP contribution in [0.25, 0.3) is 10.8 Å². The Bertz CT molecular complexity index is 1230. The van der Waals surface area contributed by atoms with Crippen molar-refractivity contribution in [3.8, 4) is 11.8 Å². The van der Waals surface area contributed by atoms with E-state index in [0.29, 0.717) is 29.8 Å². The smallest absolute Gasteiger partial charge is 0.159 e. The third-order valence-electron chi connectivity index (χ3n) is 7.46. The van der Waals surface area contributed by atoms with Crippen molar-refractivity contribution in [2.24, 2.45) is 11.8 Å². The van der Waals surface area contributed by atoms with Gasteiger partial charge in [0.25, 0.3) is 0 Å². The van der Waals surface area contributed by atoms with Crippen LogP contribution in [0.15, 0.2) is 36.4 Å². The molecule has 8 heteroatoms. The van der Waals surface area contributed by atoms with Gasteiger partial charge in [0.1, 0.15) is 5.75 Å². The van der Waals surface area contributed by atoms with E-state index in [-0.39, 0.29) is 18.5 Å². The number of methoxy groups -OCH3 is 1. The number of nitrogens with one attached hydrogen (secondary N) is 1. The third kappa shape index (κ3) is 5.14. The molecule has 0 radical (unpaired) electrons. The molecule has 5 rings (SSSR count). The third-order valence-corrected chi connectivity index (χ3v) is 7.46. The van der Waals surface area contributed by atoms with Crippen LogP contribution in [0.4, 0.5) is 11.6 Å². The number of halogens is 1. The van der Waals surface area contributed by atoms with E-state index in [4.69, 9.17) is 4.74 Å². The van der Waals surface area contributed by atoms with Crippen molar-refractivity contribution in [2.45, 2.75) is 45.3 Å². The molecule has 0 spiro atoms. The molecule has 1 aliphatic heterocycles. The van der Waals surface area contributed by atoms with Gasteiger partial charge in [-0.2, -0.15) is 5.26 Å². The van der Waals surface area contributed by atoms with E-state index in [1.807, 2.05) is 37.3 Å². The zero-order valence-electron chi connectivity index (χ0n) is 20.2. The largest absolute Gasteiger partial charge is 0.496 e. The second-order valence-electron chi connectivity index (χ2n) is 9.61. The summed E-state index contributed by atoms with van der Waals surface area (Å²) in [5, 5.41) is 33.7. The summed E-state index contributed by atoms with van der Waals surface area (Å²) in [6.07, 6.45) is 4.06. The number of anilines is 2. The monoisotopic (exact) mass is 493 g/mol. The molecule has 0 amide bonds. The highest BCUT2D eigenvalue weighted by molar-refractivity contribution is 5.99. The lowest BCUT2D eigenvalue weighted by atomic mass is 9.70. The van der Waals surface area contributed by atoms with Gasteiger partial charge >= 0.3 is 0 Å². The summed E-state index contributed by atoms with van der Waals surface area (Å²) in [7, 11) is 1.68. The van der Waals surface area contributed by atoms with E-state index >= 15 is 0 Å². The fraction of sp³-hybridized carbons (Fsp3) is 0.444. The first-order chi connectivity index (χ1) is 16.6. The number of aromatic nitrogens is 2. The summed E-state index contributed by atoms with van der Waals surface area (Å²) in [5.74, 6) is 3.80. The standard InChI is InChI=1S/C27H31N5O2.ClH/c1-17-11-19(4-6-25(17)34-2)16-29-26-24-12-18(15-28)3-5-23(24)27(31-30-26)32-9-7-20(8-10-32)21-13-22(33)14-21;/h3-6,11-12,20-22,33H,7-10,13-14,16H2,1-2H3,(H,29,30);1H. The maximum Gasteiger partial charge on any atom is 0.159 e. The molecule has 2 N–H and O–H groups in total. The summed E-state index contributed by atoms with van der Waals surface area (Å²) in [4.78, 5) is 2.32. The van der Waals surface area contributed by atoms with Crippen molar-refractivity contribution in [1.29, 1.82) is 5.26 Å². The minimum atomic E-state index is -0.0888. The van der Waals surface area contributed by atoms with Gasteiger partial charge in [-0.15, -0.1) is 22.6 Å². The highest BCUT2D eigenvalue weighted by Gasteiger charge is 2.36. The molecule has 1 aliphatic carbocycles. The number of rotatable bonds is 6. The maximum atomic E-state index is 9.66. The predicted octanol–water partition coefficient (Wildman–Crippen LogP) is 4.84. The number of aryl methyl sites for hydroxylation is 1. The van der Waals surface area contributed by atoms with Gasteiger partial charge in [0.15, 0.2) is 11.6 Å². The van der Waals surface area contributed by atoms with Crippen LogP contribution in [-0.4, -0.2) is 41.6 Å². The van der Waals surface area contributed by atoms with E-state index in [0.717, 1.165) is 72.2 Å². The van der Waals surface area contributed by atoms with Crippen LogP contribution in [-0.2, 0) is 6.54 Å². The zero-order chi connectivity index (χ0) is 23.7. The van der Waals surface area contributed by atoms with E-state index in [9.17, 15) is 10.4 Å². The minimum absolute atomic E-state index is 0. The van der Waals surface area contributed by atoms with Crippen LogP contribution in [0, 0.1) is 30.1 Å². The Hall–Kier alpha value is -3.08. The molecule has 35 heavy (non-hydrogen) atoms. The molecule has 3 aromatic rings. The van der Waals surface area contributed by atoms with Gasteiger partial charge in [-0.1, -0.05) is 12.1 Å². The Morgan fingerprint density at radius 3 is 2.51 bits per heavy atom. The SMILES string of the molecule is COc1ccc(CNc2nnc(N3CCC(C4CC(O)C4)CC3)c3ccc(C#N)cc23)cc1C.Cl. The molecule has 0 unspecified atom stereocenters. The van der Waals surface area contributed by atoms with Gasteiger partial charge in [0.05, 0.1) is 24.8 Å². The molecule has 0 atom stereocenters. The molecule has 0 bridgehead atoms. The summed E-state index contributed by atoms with van der Waals surface area (Å²) < 4.78 is 5.36. The van der Waals surface area contributed by atoms with Crippen molar-refractivity contribution in [1.82, 2.24) is 10.2 Å².